The molecule has 1 aliphatic heterocycles. The number of carboxylic acid groups (broad SMARTS) is 1. The molecule has 82 valence electrons. The minimum Gasteiger partial charge on any atom is -0.481 e. The highest BCUT2D eigenvalue weighted by molar-refractivity contribution is 7.88. The average Bonchev–Trinajstić information content (AvgIpc) is 2.01. The van der Waals surface area contributed by atoms with Gasteiger partial charge < -0.3 is 5.11 Å². The lowest BCUT2D eigenvalue weighted by atomic mass is 10.0. The van der Waals surface area contributed by atoms with Gasteiger partial charge in [0, 0.05) is 12.6 Å². The number of carboxylic acids is 1. The van der Waals surface area contributed by atoms with Crippen molar-refractivity contribution < 1.29 is 18.3 Å². The van der Waals surface area contributed by atoms with E-state index in [1.807, 2.05) is 0 Å². The summed E-state index contributed by atoms with van der Waals surface area (Å²) in [5, 5.41) is 8.63. The Morgan fingerprint density at radius 3 is 2.64 bits per heavy atom. The summed E-state index contributed by atoms with van der Waals surface area (Å²) in [5.74, 6) is -0.939. The van der Waals surface area contributed by atoms with Crippen molar-refractivity contribution in [1.29, 1.82) is 0 Å². The molecule has 0 aromatic carbocycles. The smallest absolute Gasteiger partial charge is 0.304 e. The fourth-order valence-electron chi connectivity index (χ4n) is 1.82. The molecule has 6 heteroatoms. The molecule has 5 nitrogen and oxygen atoms in total. The Hall–Kier alpha value is -0.620. The molecule has 1 N–H and O–H groups in total. The molecular weight excluding hydrogens is 206 g/mol. The standard InChI is InChI=1S/C8H15NO4S/c1-14(12,13)9-5-3-2-4-7(9)6-8(10)11/h7H,2-6H2,1H3,(H,10,11). The van der Waals surface area contributed by atoms with E-state index in [-0.39, 0.29) is 12.5 Å². The molecule has 0 spiro atoms. The summed E-state index contributed by atoms with van der Waals surface area (Å²) in [6.45, 7) is 0.455. The van der Waals surface area contributed by atoms with E-state index >= 15 is 0 Å². The molecule has 0 aromatic heterocycles. The van der Waals surface area contributed by atoms with Crippen LogP contribution in [0.5, 0.6) is 0 Å². The van der Waals surface area contributed by atoms with Crippen molar-refractivity contribution in [3.63, 3.8) is 0 Å². The maximum absolute atomic E-state index is 11.3. The van der Waals surface area contributed by atoms with Crippen LogP contribution in [-0.2, 0) is 14.8 Å². The Kier molecular flexibility index (Phi) is 3.49. The maximum Gasteiger partial charge on any atom is 0.304 e. The lowest BCUT2D eigenvalue weighted by Gasteiger charge is -2.32. The number of nitrogens with zero attached hydrogens (tertiary/aromatic N) is 1. The zero-order chi connectivity index (χ0) is 10.8. The van der Waals surface area contributed by atoms with Crippen LogP contribution in [0.15, 0.2) is 0 Å². The molecule has 0 aliphatic carbocycles. The molecule has 14 heavy (non-hydrogen) atoms. The molecule has 0 amide bonds. The Labute approximate surface area is 83.8 Å². The Morgan fingerprint density at radius 2 is 2.14 bits per heavy atom. The largest absolute Gasteiger partial charge is 0.481 e. The van der Waals surface area contributed by atoms with Crippen molar-refractivity contribution >= 4 is 16.0 Å². The van der Waals surface area contributed by atoms with Crippen molar-refractivity contribution in [2.75, 3.05) is 12.8 Å². The minimum atomic E-state index is -3.25. The first-order valence-corrected chi connectivity index (χ1v) is 6.44. The summed E-state index contributed by atoms with van der Waals surface area (Å²) in [6, 6.07) is -0.351. The van der Waals surface area contributed by atoms with Crippen LogP contribution < -0.4 is 0 Å². The van der Waals surface area contributed by atoms with Crippen LogP contribution in [0.4, 0.5) is 0 Å². The summed E-state index contributed by atoms with van der Waals surface area (Å²) in [7, 11) is -3.25. The molecule has 1 atom stereocenters. The van der Waals surface area contributed by atoms with E-state index in [4.69, 9.17) is 5.11 Å². The highest BCUT2D eigenvalue weighted by Gasteiger charge is 2.30. The zero-order valence-corrected chi connectivity index (χ0v) is 8.96. The molecule has 0 saturated carbocycles. The van der Waals surface area contributed by atoms with E-state index in [9.17, 15) is 13.2 Å². The van der Waals surface area contributed by atoms with E-state index in [2.05, 4.69) is 0 Å². The van der Waals surface area contributed by atoms with Crippen LogP contribution in [0.3, 0.4) is 0 Å². The van der Waals surface area contributed by atoms with Gasteiger partial charge in [0.25, 0.3) is 0 Å². The second-order valence-corrected chi connectivity index (χ2v) is 5.56. The van der Waals surface area contributed by atoms with Crippen molar-refractivity contribution in [3.8, 4) is 0 Å². The third kappa shape index (κ3) is 2.95. The van der Waals surface area contributed by atoms with Gasteiger partial charge in [-0.2, -0.15) is 4.31 Å². The summed E-state index contributed by atoms with van der Waals surface area (Å²) < 4.78 is 23.9. The van der Waals surface area contributed by atoms with Gasteiger partial charge in [-0.15, -0.1) is 0 Å². The number of carbonyl (C=O) groups is 1. The maximum atomic E-state index is 11.3. The average molecular weight is 221 g/mol. The van der Waals surface area contributed by atoms with Gasteiger partial charge in [0.05, 0.1) is 12.7 Å². The summed E-state index contributed by atoms with van der Waals surface area (Å²) in [5.41, 5.74) is 0. The van der Waals surface area contributed by atoms with Crippen molar-refractivity contribution in [1.82, 2.24) is 4.31 Å². The van der Waals surface area contributed by atoms with E-state index < -0.39 is 16.0 Å². The Bertz CT molecular complexity index is 311. The van der Waals surface area contributed by atoms with Gasteiger partial charge in [-0.3, -0.25) is 4.79 Å². The predicted molar refractivity (Wildman–Crippen MR) is 51.4 cm³/mol. The zero-order valence-electron chi connectivity index (χ0n) is 8.14. The van der Waals surface area contributed by atoms with Crippen molar-refractivity contribution in [2.24, 2.45) is 0 Å². The first-order valence-electron chi connectivity index (χ1n) is 4.60. The van der Waals surface area contributed by atoms with Crippen LogP contribution in [0.2, 0.25) is 0 Å². The molecule has 1 unspecified atom stereocenters. The molecule has 1 heterocycles. The van der Waals surface area contributed by atoms with E-state index in [0.717, 1.165) is 19.1 Å². The van der Waals surface area contributed by atoms with Gasteiger partial charge in [-0.1, -0.05) is 6.42 Å². The number of aliphatic carboxylic acids is 1. The van der Waals surface area contributed by atoms with Gasteiger partial charge in [-0.25, -0.2) is 8.42 Å². The predicted octanol–water partition coefficient (Wildman–Crippen LogP) is 0.275. The third-order valence-corrected chi connectivity index (χ3v) is 3.74. The van der Waals surface area contributed by atoms with Crippen LogP contribution in [0, 0.1) is 0 Å². The first kappa shape index (κ1) is 11.5. The summed E-state index contributed by atoms with van der Waals surface area (Å²) in [4.78, 5) is 10.5. The lowest BCUT2D eigenvalue weighted by molar-refractivity contribution is -0.138. The normalized spacial score (nSPS) is 24.8. The molecule has 1 fully saturated rings. The molecule has 0 radical (unpaired) electrons. The molecular formula is C8H15NO4S. The number of hydrogen-bond donors (Lipinski definition) is 1. The molecule has 1 saturated heterocycles. The van der Waals surface area contributed by atoms with Crippen molar-refractivity contribution in [2.45, 2.75) is 31.7 Å². The molecule has 0 bridgehead atoms. The Morgan fingerprint density at radius 1 is 1.50 bits per heavy atom. The van der Waals surface area contributed by atoms with Gasteiger partial charge in [0.15, 0.2) is 0 Å². The van der Waals surface area contributed by atoms with Crippen LogP contribution >= 0.6 is 0 Å². The molecule has 1 rings (SSSR count). The van der Waals surface area contributed by atoms with Gasteiger partial charge in [0.2, 0.25) is 10.0 Å². The van der Waals surface area contributed by atoms with Crippen LogP contribution in [-0.4, -0.2) is 42.6 Å². The van der Waals surface area contributed by atoms with E-state index in [1.54, 1.807) is 0 Å². The summed E-state index contributed by atoms with van der Waals surface area (Å²) >= 11 is 0. The fraction of sp³-hybridized carbons (Fsp3) is 0.875. The van der Waals surface area contributed by atoms with Crippen LogP contribution in [0.25, 0.3) is 0 Å². The first-order chi connectivity index (χ1) is 6.41. The minimum absolute atomic E-state index is 0.0902. The third-order valence-electron chi connectivity index (χ3n) is 2.41. The van der Waals surface area contributed by atoms with Gasteiger partial charge >= 0.3 is 5.97 Å². The van der Waals surface area contributed by atoms with E-state index in [0.29, 0.717) is 13.0 Å². The molecule has 1 aliphatic rings. The second kappa shape index (κ2) is 4.27. The number of hydrogen-bond acceptors (Lipinski definition) is 3. The highest BCUT2D eigenvalue weighted by atomic mass is 32.2. The van der Waals surface area contributed by atoms with Crippen molar-refractivity contribution in [3.05, 3.63) is 0 Å². The van der Waals surface area contributed by atoms with Gasteiger partial charge in [-0.05, 0) is 12.8 Å². The number of sulfonamides is 1. The monoisotopic (exact) mass is 221 g/mol. The topological polar surface area (TPSA) is 74.7 Å². The summed E-state index contributed by atoms with van der Waals surface area (Å²) in [6.07, 6.45) is 3.42. The molecule has 0 aromatic rings. The van der Waals surface area contributed by atoms with E-state index in [1.165, 1.54) is 4.31 Å². The quantitative estimate of drug-likeness (QED) is 0.742. The fourth-order valence-corrected chi connectivity index (χ4v) is 3.00. The number of rotatable bonds is 3. The SMILES string of the molecule is CS(=O)(=O)N1CCCCC1CC(=O)O. The number of piperidine rings is 1. The Balaban J connectivity index is 2.74. The lowest BCUT2D eigenvalue weighted by Crippen LogP contribution is -2.44. The van der Waals surface area contributed by atoms with Gasteiger partial charge in [0.1, 0.15) is 0 Å². The second-order valence-electron chi connectivity index (χ2n) is 3.62. The van der Waals surface area contributed by atoms with Crippen LogP contribution in [0.1, 0.15) is 25.7 Å². The highest BCUT2D eigenvalue weighted by Crippen LogP contribution is 2.21.